The number of halogens is 1. The minimum atomic E-state index is 0.0222. The number of methoxy groups -OCH3 is 1. The van der Waals surface area contributed by atoms with Crippen molar-refractivity contribution in [2.45, 2.75) is 13.5 Å². The molecule has 1 aromatic heterocycles. The van der Waals surface area contributed by atoms with Crippen molar-refractivity contribution in [2.24, 2.45) is 12.0 Å². The van der Waals surface area contributed by atoms with Crippen LogP contribution in [0.1, 0.15) is 12.5 Å². The summed E-state index contributed by atoms with van der Waals surface area (Å²) in [6.45, 7) is 4.68. The maximum absolute atomic E-state index is 12.7. The Balaban J connectivity index is 1.72. The van der Waals surface area contributed by atoms with Gasteiger partial charge in [-0.25, -0.2) is 4.99 Å². The minimum Gasteiger partial charge on any atom is -0.496 e. The number of rotatable bonds is 5. The molecule has 150 valence electrons. The lowest BCUT2D eigenvalue weighted by Crippen LogP contribution is -2.55. The molecule has 1 N–H and O–H groups in total. The maximum Gasteiger partial charge on any atom is 0.246 e. The highest BCUT2D eigenvalue weighted by Gasteiger charge is 2.27. The van der Waals surface area contributed by atoms with Gasteiger partial charge in [0.25, 0.3) is 0 Å². The Labute approximate surface area is 169 Å². The average Bonchev–Trinajstić information content (AvgIpc) is 3.11. The van der Waals surface area contributed by atoms with Gasteiger partial charge in [-0.2, -0.15) is 5.10 Å². The molecule has 1 fully saturated rings. The highest BCUT2D eigenvalue weighted by Crippen LogP contribution is 2.24. The predicted molar refractivity (Wildman–Crippen MR) is 110 cm³/mol. The molecule has 1 amide bonds. The van der Waals surface area contributed by atoms with Gasteiger partial charge in [-0.05, 0) is 19.1 Å². The fourth-order valence-corrected chi connectivity index (χ4v) is 3.27. The van der Waals surface area contributed by atoms with Gasteiger partial charge < -0.3 is 19.9 Å². The van der Waals surface area contributed by atoms with Gasteiger partial charge in [0.1, 0.15) is 12.3 Å². The zero-order chi connectivity index (χ0) is 20.1. The van der Waals surface area contributed by atoms with Crippen LogP contribution in [0.4, 0.5) is 5.69 Å². The summed E-state index contributed by atoms with van der Waals surface area (Å²) in [5, 5.41) is 8.04. The zero-order valence-electron chi connectivity index (χ0n) is 16.4. The van der Waals surface area contributed by atoms with Crippen molar-refractivity contribution in [1.82, 2.24) is 20.0 Å². The van der Waals surface area contributed by atoms with E-state index in [1.54, 1.807) is 29.0 Å². The third-order valence-electron chi connectivity index (χ3n) is 4.51. The molecule has 0 radical (unpaired) electrons. The van der Waals surface area contributed by atoms with Gasteiger partial charge in [0.15, 0.2) is 5.96 Å². The lowest BCUT2D eigenvalue weighted by molar-refractivity contribution is -0.120. The Morgan fingerprint density at radius 2 is 2.21 bits per heavy atom. The first-order chi connectivity index (χ1) is 13.5. The Hall–Kier alpha value is -2.74. The van der Waals surface area contributed by atoms with Crippen molar-refractivity contribution < 1.29 is 9.53 Å². The number of aromatic nitrogens is 2. The molecule has 0 saturated carbocycles. The Morgan fingerprint density at radius 3 is 2.86 bits per heavy atom. The summed E-state index contributed by atoms with van der Waals surface area (Å²) in [6, 6.07) is 5.49. The SMILES string of the molecule is CCNC(=NCc1ccc(Cl)cc1OC)N1CCN(c2cnn(C)c2)C(=O)C1. The van der Waals surface area contributed by atoms with E-state index >= 15 is 0 Å². The zero-order valence-corrected chi connectivity index (χ0v) is 17.1. The molecule has 9 heteroatoms. The third-order valence-corrected chi connectivity index (χ3v) is 4.74. The molecule has 1 saturated heterocycles. The van der Waals surface area contributed by atoms with Crippen LogP contribution >= 0.6 is 11.6 Å². The van der Waals surface area contributed by atoms with E-state index < -0.39 is 0 Å². The van der Waals surface area contributed by atoms with E-state index in [1.807, 2.05) is 37.2 Å². The number of guanidine groups is 1. The van der Waals surface area contributed by atoms with Gasteiger partial charge in [-0.3, -0.25) is 9.48 Å². The molecule has 28 heavy (non-hydrogen) atoms. The monoisotopic (exact) mass is 404 g/mol. The second-order valence-corrected chi connectivity index (χ2v) is 6.90. The van der Waals surface area contributed by atoms with Gasteiger partial charge >= 0.3 is 0 Å². The number of carbonyl (C=O) groups is 1. The van der Waals surface area contributed by atoms with E-state index in [4.69, 9.17) is 21.3 Å². The number of benzene rings is 1. The van der Waals surface area contributed by atoms with Gasteiger partial charge in [0, 0.05) is 43.5 Å². The Kier molecular flexibility index (Phi) is 6.41. The number of nitrogens with zero attached hydrogens (tertiary/aromatic N) is 5. The summed E-state index contributed by atoms with van der Waals surface area (Å²) in [7, 11) is 3.45. The van der Waals surface area contributed by atoms with Crippen molar-refractivity contribution in [2.75, 3.05) is 38.2 Å². The fraction of sp³-hybridized carbons (Fsp3) is 0.421. The number of hydrogen-bond acceptors (Lipinski definition) is 4. The third kappa shape index (κ3) is 4.56. The van der Waals surface area contributed by atoms with Gasteiger partial charge in [0.05, 0.1) is 25.5 Å². The molecule has 1 aliphatic heterocycles. The number of nitrogens with one attached hydrogen (secondary N) is 1. The molecule has 1 aliphatic rings. The van der Waals surface area contributed by atoms with Crippen molar-refractivity contribution in [3.05, 3.63) is 41.2 Å². The Bertz CT molecular complexity index is 866. The smallest absolute Gasteiger partial charge is 0.246 e. The molecule has 8 nitrogen and oxygen atoms in total. The molecule has 0 atom stereocenters. The maximum atomic E-state index is 12.7. The first kappa shape index (κ1) is 20.0. The van der Waals surface area contributed by atoms with Crippen LogP contribution in [0, 0.1) is 0 Å². The topological polar surface area (TPSA) is 75.0 Å². The summed E-state index contributed by atoms with van der Waals surface area (Å²) in [5.74, 6) is 1.43. The van der Waals surface area contributed by atoms with Crippen molar-refractivity contribution in [3.8, 4) is 5.75 Å². The summed E-state index contributed by atoms with van der Waals surface area (Å²) in [4.78, 5) is 21.1. The second kappa shape index (κ2) is 8.97. The number of amides is 1. The van der Waals surface area contributed by atoms with Crippen molar-refractivity contribution >= 4 is 29.2 Å². The highest BCUT2D eigenvalue weighted by atomic mass is 35.5. The number of aliphatic imine (C=N–C) groups is 1. The minimum absolute atomic E-state index is 0.0222. The largest absolute Gasteiger partial charge is 0.496 e. The first-order valence-corrected chi connectivity index (χ1v) is 9.54. The summed E-state index contributed by atoms with van der Waals surface area (Å²) in [6.07, 6.45) is 3.55. The lowest BCUT2D eigenvalue weighted by Gasteiger charge is -2.35. The average molecular weight is 405 g/mol. The molecule has 1 aromatic carbocycles. The van der Waals surface area contributed by atoms with Crippen LogP contribution in [0.2, 0.25) is 5.02 Å². The molecule has 0 bridgehead atoms. The number of hydrogen-bond donors (Lipinski definition) is 1. The summed E-state index contributed by atoms with van der Waals surface area (Å²) >= 11 is 6.03. The van der Waals surface area contributed by atoms with E-state index in [1.165, 1.54) is 0 Å². The summed E-state index contributed by atoms with van der Waals surface area (Å²) in [5.41, 5.74) is 1.75. The van der Waals surface area contributed by atoms with E-state index in [0.29, 0.717) is 42.9 Å². The quantitative estimate of drug-likeness (QED) is 0.608. The van der Waals surface area contributed by atoms with Crippen LogP contribution in [0.3, 0.4) is 0 Å². The van der Waals surface area contributed by atoms with Gasteiger partial charge in [0.2, 0.25) is 5.91 Å². The molecule has 0 unspecified atom stereocenters. The van der Waals surface area contributed by atoms with Gasteiger partial charge in [-0.15, -0.1) is 0 Å². The van der Waals surface area contributed by atoms with Crippen LogP contribution in [0.5, 0.6) is 5.75 Å². The number of ether oxygens (including phenoxy) is 1. The lowest BCUT2D eigenvalue weighted by atomic mass is 10.2. The number of aryl methyl sites for hydroxylation is 1. The van der Waals surface area contributed by atoms with Crippen LogP contribution < -0.4 is 15.0 Å². The van der Waals surface area contributed by atoms with Crippen LogP contribution in [-0.2, 0) is 18.4 Å². The number of anilines is 1. The highest BCUT2D eigenvalue weighted by molar-refractivity contribution is 6.30. The van der Waals surface area contributed by atoms with E-state index in [0.717, 1.165) is 11.3 Å². The molecular weight excluding hydrogens is 380 g/mol. The molecule has 2 heterocycles. The Morgan fingerprint density at radius 1 is 1.39 bits per heavy atom. The number of carbonyl (C=O) groups excluding carboxylic acids is 1. The molecular formula is C19H25ClN6O2. The van der Waals surface area contributed by atoms with Crippen molar-refractivity contribution in [1.29, 1.82) is 0 Å². The van der Waals surface area contributed by atoms with Crippen LogP contribution in [0.15, 0.2) is 35.6 Å². The molecule has 3 rings (SSSR count). The fourth-order valence-electron chi connectivity index (χ4n) is 3.11. The molecule has 0 aliphatic carbocycles. The van der Waals surface area contributed by atoms with Crippen molar-refractivity contribution in [3.63, 3.8) is 0 Å². The second-order valence-electron chi connectivity index (χ2n) is 6.47. The van der Waals surface area contributed by atoms with E-state index in [9.17, 15) is 4.79 Å². The normalized spacial score (nSPS) is 15.1. The van der Waals surface area contributed by atoms with Crippen LogP contribution in [0.25, 0.3) is 0 Å². The van der Waals surface area contributed by atoms with Gasteiger partial charge in [-0.1, -0.05) is 17.7 Å². The summed E-state index contributed by atoms with van der Waals surface area (Å²) < 4.78 is 7.08. The van der Waals surface area contributed by atoms with E-state index in [-0.39, 0.29) is 12.5 Å². The van der Waals surface area contributed by atoms with E-state index in [2.05, 4.69) is 10.4 Å². The molecule has 0 spiro atoms. The standard InChI is InChI=1S/C19H25ClN6O2/c1-4-21-19(22-10-14-5-6-15(20)9-17(14)28-3)25-7-8-26(18(27)13-25)16-11-23-24(2)12-16/h5-6,9,11-12H,4,7-8,10,13H2,1-3H3,(H,21,22). The first-order valence-electron chi connectivity index (χ1n) is 9.16. The van der Waals surface area contributed by atoms with Crippen LogP contribution in [-0.4, -0.2) is 59.8 Å². The molecule has 2 aromatic rings. The number of piperazine rings is 1. The predicted octanol–water partition coefficient (Wildman–Crippen LogP) is 1.90.